The lowest BCUT2D eigenvalue weighted by molar-refractivity contribution is -0.112. The molecule has 0 fully saturated rings. The third kappa shape index (κ3) is 6.37. The Hall–Kier alpha value is -2.29. The summed E-state index contributed by atoms with van der Waals surface area (Å²) in [5, 5.41) is 12.9. The molecule has 32 heavy (non-hydrogen) atoms. The summed E-state index contributed by atoms with van der Waals surface area (Å²) in [6.45, 7) is 0.281. The summed E-state index contributed by atoms with van der Waals surface area (Å²) >= 11 is 10.5. The van der Waals surface area contributed by atoms with E-state index in [4.69, 9.17) is 21.1 Å². The number of halogens is 3. The van der Waals surface area contributed by atoms with Crippen LogP contribution in [-0.2, 0) is 11.4 Å². The molecular weight excluding hydrogens is 654 g/mol. The molecule has 0 saturated heterocycles. The number of anilines is 1. The third-order valence-electron chi connectivity index (χ3n) is 4.36. The molecule has 8 heteroatoms. The van der Waals surface area contributed by atoms with Gasteiger partial charge in [0.1, 0.15) is 18.2 Å². The van der Waals surface area contributed by atoms with Crippen LogP contribution in [0.25, 0.3) is 6.08 Å². The topological polar surface area (TPSA) is 71.3 Å². The van der Waals surface area contributed by atoms with Crippen molar-refractivity contribution in [1.82, 2.24) is 0 Å². The number of rotatable bonds is 7. The van der Waals surface area contributed by atoms with E-state index in [-0.39, 0.29) is 12.2 Å². The molecule has 0 aromatic heterocycles. The zero-order chi connectivity index (χ0) is 23.1. The normalized spacial score (nSPS) is 10.9. The number of nitriles is 1. The molecule has 162 valence electrons. The van der Waals surface area contributed by atoms with Crippen molar-refractivity contribution in [2.75, 3.05) is 12.4 Å². The van der Waals surface area contributed by atoms with Crippen molar-refractivity contribution in [3.05, 3.63) is 89.5 Å². The maximum Gasteiger partial charge on any atom is 0.266 e. The molecule has 0 radical (unpaired) electrons. The monoisotopic (exact) mass is 670 g/mol. The van der Waals surface area contributed by atoms with E-state index in [2.05, 4.69) is 50.5 Å². The van der Waals surface area contributed by atoms with Crippen molar-refractivity contribution in [1.29, 1.82) is 5.26 Å². The largest absolute Gasteiger partial charge is 0.493 e. The van der Waals surface area contributed by atoms with Gasteiger partial charge in [0, 0.05) is 19.8 Å². The summed E-state index contributed by atoms with van der Waals surface area (Å²) in [7, 11) is 1.54. The Balaban J connectivity index is 1.82. The van der Waals surface area contributed by atoms with Crippen LogP contribution in [0, 0.1) is 18.5 Å². The number of nitrogens with one attached hydrogen (secondary N) is 1. The van der Waals surface area contributed by atoms with Gasteiger partial charge in [0.2, 0.25) is 0 Å². The standard InChI is InChI=1S/C24H17ClI2N2O3/c1-31-22-12-15(10-17(13-28)24(30)29-19-8-6-18(26)7-9-19)11-21(27)23(22)32-14-16-4-2-3-5-20(16)25/h2-12H,14H2,1H3,(H,29,30)/b17-10+. The molecule has 0 aliphatic heterocycles. The molecule has 1 amide bonds. The van der Waals surface area contributed by atoms with Crippen LogP contribution in [0.4, 0.5) is 5.69 Å². The Morgan fingerprint density at radius 1 is 1.16 bits per heavy atom. The molecule has 0 atom stereocenters. The average molecular weight is 671 g/mol. The summed E-state index contributed by atoms with van der Waals surface area (Å²) < 4.78 is 13.3. The van der Waals surface area contributed by atoms with Gasteiger partial charge in [0.25, 0.3) is 5.91 Å². The number of ether oxygens (including phenoxy) is 2. The van der Waals surface area contributed by atoms with Gasteiger partial charge in [-0.3, -0.25) is 4.79 Å². The zero-order valence-corrected chi connectivity index (χ0v) is 21.9. The highest BCUT2D eigenvalue weighted by atomic mass is 127. The second kappa shape index (κ2) is 11.5. The van der Waals surface area contributed by atoms with E-state index >= 15 is 0 Å². The Bertz CT molecular complexity index is 1200. The Kier molecular flexibility index (Phi) is 8.78. The lowest BCUT2D eigenvalue weighted by Crippen LogP contribution is -2.13. The van der Waals surface area contributed by atoms with Gasteiger partial charge in [0.15, 0.2) is 11.5 Å². The summed E-state index contributed by atoms with van der Waals surface area (Å²) in [5.41, 5.74) is 2.10. The molecule has 1 N–H and O–H groups in total. The molecule has 0 bridgehead atoms. The van der Waals surface area contributed by atoms with Crippen LogP contribution in [0.15, 0.2) is 66.2 Å². The predicted octanol–water partition coefficient (Wildman–Crippen LogP) is 6.68. The number of carbonyl (C=O) groups excluding carboxylic acids is 1. The van der Waals surface area contributed by atoms with Crippen LogP contribution in [0.2, 0.25) is 5.02 Å². The smallest absolute Gasteiger partial charge is 0.266 e. The quantitative estimate of drug-likeness (QED) is 0.173. The van der Waals surface area contributed by atoms with Gasteiger partial charge < -0.3 is 14.8 Å². The molecule has 3 aromatic carbocycles. The second-order valence-electron chi connectivity index (χ2n) is 6.55. The minimum Gasteiger partial charge on any atom is -0.493 e. The first kappa shape index (κ1) is 24.4. The Morgan fingerprint density at radius 2 is 1.88 bits per heavy atom. The lowest BCUT2D eigenvalue weighted by atomic mass is 10.1. The number of benzene rings is 3. The lowest BCUT2D eigenvalue weighted by Gasteiger charge is -2.14. The highest BCUT2D eigenvalue weighted by molar-refractivity contribution is 14.1. The molecule has 0 unspecified atom stereocenters. The van der Waals surface area contributed by atoms with Crippen LogP contribution in [0.5, 0.6) is 11.5 Å². The molecule has 0 heterocycles. The first-order valence-corrected chi connectivity index (χ1v) is 11.9. The van der Waals surface area contributed by atoms with Gasteiger partial charge in [-0.05, 0) is 99.3 Å². The summed E-state index contributed by atoms with van der Waals surface area (Å²) in [6.07, 6.45) is 1.52. The van der Waals surface area contributed by atoms with E-state index in [1.807, 2.05) is 42.5 Å². The third-order valence-corrected chi connectivity index (χ3v) is 6.25. The number of hydrogen-bond acceptors (Lipinski definition) is 4. The zero-order valence-electron chi connectivity index (χ0n) is 16.9. The van der Waals surface area contributed by atoms with E-state index in [1.54, 1.807) is 24.3 Å². The summed E-state index contributed by atoms with van der Waals surface area (Å²) in [5.74, 6) is 0.569. The molecule has 0 saturated carbocycles. The molecule has 5 nitrogen and oxygen atoms in total. The number of hydrogen-bond donors (Lipinski definition) is 1. The van der Waals surface area contributed by atoms with Gasteiger partial charge in [-0.25, -0.2) is 0 Å². The first-order valence-electron chi connectivity index (χ1n) is 9.33. The van der Waals surface area contributed by atoms with Crippen LogP contribution in [0.1, 0.15) is 11.1 Å². The molecular formula is C24H17ClI2N2O3. The molecule has 3 aromatic rings. The fourth-order valence-corrected chi connectivity index (χ4v) is 4.11. The van der Waals surface area contributed by atoms with Crippen molar-refractivity contribution in [3.8, 4) is 17.6 Å². The molecule has 0 spiro atoms. The van der Waals surface area contributed by atoms with Crippen molar-refractivity contribution in [2.24, 2.45) is 0 Å². The highest BCUT2D eigenvalue weighted by Crippen LogP contribution is 2.35. The summed E-state index contributed by atoms with van der Waals surface area (Å²) in [4.78, 5) is 12.6. The Labute approximate surface area is 218 Å². The maximum atomic E-state index is 12.6. The van der Waals surface area contributed by atoms with Crippen molar-refractivity contribution >= 4 is 74.5 Å². The fraction of sp³-hybridized carbons (Fsp3) is 0.0833. The van der Waals surface area contributed by atoms with Crippen LogP contribution < -0.4 is 14.8 Å². The molecule has 0 aliphatic carbocycles. The average Bonchev–Trinajstić information content (AvgIpc) is 2.78. The van der Waals surface area contributed by atoms with E-state index < -0.39 is 5.91 Å². The number of amides is 1. The Morgan fingerprint density at radius 3 is 2.53 bits per heavy atom. The van der Waals surface area contributed by atoms with Crippen LogP contribution in [0.3, 0.4) is 0 Å². The van der Waals surface area contributed by atoms with Gasteiger partial charge >= 0.3 is 0 Å². The van der Waals surface area contributed by atoms with E-state index in [9.17, 15) is 10.1 Å². The van der Waals surface area contributed by atoms with Gasteiger partial charge in [-0.15, -0.1) is 0 Å². The van der Waals surface area contributed by atoms with Crippen molar-refractivity contribution in [2.45, 2.75) is 6.61 Å². The number of methoxy groups -OCH3 is 1. The minimum atomic E-state index is -0.485. The molecule has 3 rings (SSSR count). The van der Waals surface area contributed by atoms with Gasteiger partial charge in [0.05, 0.1) is 10.7 Å². The van der Waals surface area contributed by atoms with Crippen LogP contribution in [-0.4, -0.2) is 13.0 Å². The minimum absolute atomic E-state index is 0.0221. The SMILES string of the molecule is COc1cc(/C=C(\C#N)C(=O)Nc2ccc(I)cc2)cc(I)c1OCc1ccccc1Cl. The van der Waals surface area contributed by atoms with E-state index in [0.29, 0.717) is 27.8 Å². The van der Waals surface area contributed by atoms with E-state index in [0.717, 1.165) is 12.7 Å². The van der Waals surface area contributed by atoms with Crippen molar-refractivity contribution in [3.63, 3.8) is 0 Å². The maximum absolute atomic E-state index is 12.6. The van der Waals surface area contributed by atoms with Crippen molar-refractivity contribution < 1.29 is 14.3 Å². The number of carbonyl (C=O) groups is 1. The first-order chi connectivity index (χ1) is 15.4. The predicted molar refractivity (Wildman–Crippen MR) is 143 cm³/mol. The fourth-order valence-electron chi connectivity index (χ4n) is 2.78. The highest BCUT2D eigenvalue weighted by Gasteiger charge is 2.15. The molecule has 0 aliphatic rings. The van der Waals surface area contributed by atoms with Gasteiger partial charge in [-0.2, -0.15) is 5.26 Å². The van der Waals surface area contributed by atoms with Crippen LogP contribution >= 0.6 is 56.8 Å². The second-order valence-corrected chi connectivity index (χ2v) is 9.36. The summed E-state index contributed by atoms with van der Waals surface area (Å²) in [6, 6.07) is 20.3. The van der Waals surface area contributed by atoms with Gasteiger partial charge in [-0.1, -0.05) is 29.8 Å². The van der Waals surface area contributed by atoms with E-state index in [1.165, 1.54) is 13.2 Å². The number of nitrogens with zero attached hydrogens (tertiary/aromatic N) is 1.